The number of ether oxygens (including phenoxy) is 1. The quantitative estimate of drug-likeness (QED) is 0.753. The van der Waals surface area contributed by atoms with Crippen molar-refractivity contribution in [2.45, 2.75) is 19.4 Å². The first-order valence-electron chi connectivity index (χ1n) is 5.16. The van der Waals surface area contributed by atoms with E-state index in [0.717, 1.165) is 31.3 Å². The zero-order chi connectivity index (χ0) is 10.9. The molecule has 0 spiro atoms. The van der Waals surface area contributed by atoms with Crippen molar-refractivity contribution in [2.24, 2.45) is 0 Å². The molecule has 1 aliphatic rings. The normalized spacial score (nSPS) is 20.3. The molecule has 0 aliphatic carbocycles. The lowest BCUT2D eigenvalue weighted by atomic mass is 10.0. The smallest absolute Gasteiger partial charge is 0.131 e. The Morgan fingerprint density at radius 2 is 2.33 bits per heavy atom. The van der Waals surface area contributed by atoms with E-state index < -0.39 is 0 Å². The van der Waals surface area contributed by atoms with Crippen LogP contribution < -0.4 is 10.6 Å². The Hall–Kier alpha value is -1.29. The monoisotopic (exact) mass is 207 g/mol. The van der Waals surface area contributed by atoms with E-state index >= 15 is 0 Å². The summed E-state index contributed by atoms with van der Waals surface area (Å²) >= 11 is 0. The van der Waals surface area contributed by atoms with Gasteiger partial charge in [-0.2, -0.15) is 0 Å². The summed E-state index contributed by atoms with van der Waals surface area (Å²) in [4.78, 5) is 6.59. The standard InChI is InChI=1S/C11H17N3O/c1-11(2)8-15-6-5-14(11)10-7-9(12)3-4-13-10/h3-4,7H,5-6,8H2,1-2H3,(H2,12,13). The molecule has 0 radical (unpaired) electrons. The molecule has 1 aromatic heterocycles. The van der Waals surface area contributed by atoms with Crippen LogP contribution in [0, 0.1) is 0 Å². The van der Waals surface area contributed by atoms with Gasteiger partial charge in [-0.15, -0.1) is 0 Å². The van der Waals surface area contributed by atoms with Gasteiger partial charge in [0.25, 0.3) is 0 Å². The van der Waals surface area contributed by atoms with Crippen LogP contribution in [-0.2, 0) is 4.74 Å². The molecular weight excluding hydrogens is 190 g/mol. The third kappa shape index (κ3) is 2.04. The summed E-state index contributed by atoms with van der Waals surface area (Å²) in [5.74, 6) is 0.934. The lowest BCUT2D eigenvalue weighted by Crippen LogP contribution is -2.53. The van der Waals surface area contributed by atoms with E-state index in [4.69, 9.17) is 10.5 Å². The van der Waals surface area contributed by atoms with Crippen LogP contribution in [0.15, 0.2) is 18.3 Å². The van der Waals surface area contributed by atoms with Crippen LogP contribution in [0.25, 0.3) is 0 Å². The van der Waals surface area contributed by atoms with Crippen LogP contribution in [0.5, 0.6) is 0 Å². The number of rotatable bonds is 1. The fourth-order valence-corrected chi connectivity index (χ4v) is 1.86. The van der Waals surface area contributed by atoms with E-state index in [-0.39, 0.29) is 5.54 Å². The van der Waals surface area contributed by atoms with Crippen molar-refractivity contribution in [3.63, 3.8) is 0 Å². The number of pyridine rings is 1. The second-order valence-corrected chi connectivity index (χ2v) is 4.46. The van der Waals surface area contributed by atoms with Gasteiger partial charge in [-0.3, -0.25) is 0 Å². The number of nitrogens with two attached hydrogens (primary N) is 1. The van der Waals surface area contributed by atoms with Gasteiger partial charge in [0.1, 0.15) is 5.82 Å². The first kappa shape index (κ1) is 10.2. The van der Waals surface area contributed by atoms with Gasteiger partial charge in [-0.05, 0) is 19.9 Å². The van der Waals surface area contributed by atoms with Crippen molar-refractivity contribution in [2.75, 3.05) is 30.4 Å². The number of nitrogen functional groups attached to an aromatic ring is 1. The largest absolute Gasteiger partial charge is 0.399 e. The second kappa shape index (κ2) is 3.70. The molecule has 2 heterocycles. The number of nitrogens with zero attached hydrogens (tertiary/aromatic N) is 2. The second-order valence-electron chi connectivity index (χ2n) is 4.46. The maximum atomic E-state index is 5.76. The van der Waals surface area contributed by atoms with Crippen molar-refractivity contribution in [1.82, 2.24) is 4.98 Å². The lowest BCUT2D eigenvalue weighted by molar-refractivity contribution is 0.0639. The molecule has 0 saturated carbocycles. The molecule has 15 heavy (non-hydrogen) atoms. The van der Waals surface area contributed by atoms with Crippen molar-refractivity contribution >= 4 is 11.5 Å². The van der Waals surface area contributed by atoms with E-state index in [0.29, 0.717) is 0 Å². The number of anilines is 2. The topological polar surface area (TPSA) is 51.4 Å². The molecule has 0 aromatic carbocycles. The molecule has 1 aliphatic heterocycles. The highest BCUT2D eigenvalue weighted by Crippen LogP contribution is 2.25. The fourth-order valence-electron chi connectivity index (χ4n) is 1.86. The van der Waals surface area contributed by atoms with E-state index in [2.05, 4.69) is 23.7 Å². The molecule has 0 amide bonds. The maximum Gasteiger partial charge on any atom is 0.131 e. The van der Waals surface area contributed by atoms with Gasteiger partial charge >= 0.3 is 0 Å². The molecule has 1 fully saturated rings. The zero-order valence-corrected chi connectivity index (χ0v) is 9.23. The number of hydrogen-bond donors (Lipinski definition) is 1. The SMILES string of the molecule is CC1(C)COCCN1c1cc(N)ccn1. The summed E-state index contributed by atoms with van der Waals surface area (Å²) in [6.45, 7) is 6.64. The summed E-state index contributed by atoms with van der Waals surface area (Å²) < 4.78 is 5.47. The van der Waals surface area contributed by atoms with Gasteiger partial charge in [0.15, 0.2) is 0 Å². The van der Waals surface area contributed by atoms with Crippen LogP contribution in [0.4, 0.5) is 11.5 Å². The number of hydrogen-bond acceptors (Lipinski definition) is 4. The van der Waals surface area contributed by atoms with Gasteiger partial charge in [-0.1, -0.05) is 0 Å². The Morgan fingerprint density at radius 1 is 1.53 bits per heavy atom. The van der Waals surface area contributed by atoms with Gasteiger partial charge in [0, 0.05) is 24.5 Å². The molecule has 2 rings (SSSR count). The average molecular weight is 207 g/mol. The van der Waals surface area contributed by atoms with Gasteiger partial charge in [0.2, 0.25) is 0 Å². The van der Waals surface area contributed by atoms with Crippen molar-refractivity contribution in [3.05, 3.63) is 18.3 Å². The predicted molar refractivity (Wildman–Crippen MR) is 60.9 cm³/mol. The zero-order valence-electron chi connectivity index (χ0n) is 9.23. The number of morpholine rings is 1. The highest BCUT2D eigenvalue weighted by atomic mass is 16.5. The van der Waals surface area contributed by atoms with Crippen molar-refractivity contribution in [1.29, 1.82) is 0 Å². The molecular formula is C11H17N3O. The highest BCUT2D eigenvalue weighted by molar-refractivity contribution is 5.52. The molecule has 2 N–H and O–H groups in total. The van der Waals surface area contributed by atoms with Crippen LogP contribution in [0.3, 0.4) is 0 Å². The average Bonchev–Trinajstić information content (AvgIpc) is 2.17. The fraction of sp³-hybridized carbons (Fsp3) is 0.545. The summed E-state index contributed by atoms with van der Waals surface area (Å²) in [6, 6.07) is 3.71. The first-order valence-corrected chi connectivity index (χ1v) is 5.16. The molecule has 0 atom stereocenters. The van der Waals surface area contributed by atoms with Crippen molar-refractivity contribution in [3.8, 4) is 0 Å². The molecule has 82 valence electrons. The molecule has 1 aromatic rings. The van der Waals surface area contributed by atoms with Crippen molar-refractivity contribution < 1.29 is 4.74 Å². The molecule has 0 bridgehead atoms. The van der Waals surface area contributed by atoms with E-state index in [1.165, 1.54) is 0 Å². The summed E-state index contributed by atoms with van der Waals surface area (Å²) in [5.41, 5.74) is 6.49. The maximum absolute atomic E-state index is 5.76. The lowest BCUT2D eigenvalue weighted by Gasteiger charge is -2.43. The Balaban J connectivity index is 2.29. The van der Waals surface area contributed by atoms with Crippen LogP contribution in [-0.4, -0.2) is 30.3 Å². The Kier molecular flexibility index (Phi) is 2.52. The Morgan fingerprint density at radius 3 is 3.00 bits per heavy atom. The minimum atomic E-state index is -0.0148. The highest BCUT2D eigenvalue weighted by Gasteiger charge is 2.31. The van der Waals surface area contributed by atoms with Gasteiger partial charge in [0.05, 0.1) is 18.8 Å². The molecule has 0 unspecified atom stereocenters. The van der Waals surface area contributed by atoms with Crippen LogP contribution in [0.1, 0.15) is 13.8 Å². The van der Waals surface area contributed by atoms with E-state index in [1.54, 1.807) is 12.3 Å². The third-order valence-electron chi connectivity index (χ3n) is 2.69. The summed E-state index contributed by atoms with van der Waals surface area (Å²) in [6.07, 6.45) is 1.75. The summed E-state index contributed by atoms with van der Waals surface area (Å²) in [7, 11) is 0. The van der Waals surface area contributed by atoms with E-state index in [1.807, 2.05) is 6.07 Å². The predicted octanol–water partition coefficient (Wildman–Crippen LogP) is 1.28. The minimum absolute atomic E-state index is 0.0148. The van der Waals surface area contributed by atoms with E-state index in [9.17, 15) is 0 Å². The van der Waals surface area contributed by atoms with Crippen LogP contribution in [0.2, 0.25) is 0 Å². The first-order chi connectivity index (χ1) is 7.09. The molecule has 4 heteroatoms. The van der Waals surface area contributed by atoms with Gasteiger partial charge in [-0.25, -0.2) is 4.98 Å². The summed E-state index contributed by atoms with van der Waals surface area (Å²) in [5, 5.41) is 0. The molecule has 1 saturated heterocycles. The Labute approximate surface area is 90.0 Å². The number of aromatic nitrogens is 1. The minimum Gasteiger partial charge on any atom is -0.399 e. The van der Waals surface area contributed by atoms with Gasteiger partial charge < -0.3 is 15.4 Å². The third-order valence-corrected chi connectivity index (χ3v) is 2.69. The Bertz CT molecular complexity index is 351. The molecule has 4 nitrogen and oxygen atoms in total. The van der Waals surface area contributed by atoms with Crippen LogP contribution >= 0.6 is 0 Å².